The van der Waals surface area contributed by atoms with Gasteiger partial charge >= 0.3 is 0 Å². The molecule has 0 unspecified atom stereocenters. The summed E-state index contributed by atoms with van der Waals surface area (Å²) >= 11 is 0. The molecule has 1 saturated heterocycles. The monoisotopic (exact) mass is 505 g/mol. The predicted octanol–water partition coefficient (Wildman–Crippen LogP) is 5.33. The van der Waals surface area contributed by atoms with Crippen LogP contribution in [0.25, 0.3) is 0 Å². The van der Waals surface area contributed by atoms with Crippen LogP contribution in [0.15, 0.2) is 65.6 Å². The highest BCUT2D eigenvalue weighted by Crippen LogP contribution is 2.24. The van der Waals surface area contributed by atoms with Crippen molar-refractivity contribution in [3.05, 3.63) is 94.0 Å². The number of piperidine rings is 1. The topological polar surface area (TPSA) is 78.5 Å². The number of nitrogens with zero attached hydrogens (tertiary/aromatic N) is 1. The smallest absolute Gasteiger partial charge is 0.262 e. The minimum atomic E-state index is -3.86. The van der Waals surface area contributed by atoms with Gasteiger partial charge in [-0.1, -0.05) is 48.9 Å². The van der Waals surface area contributed by atoms with Gasteiger partial charge in [0.1, 0.15) is 0 Å². The highest BCUT2D eigenvalue weighted by atomic mass is 32.2. The molecule has 0 radical (unpaired) electrons. The average Bonchev–Trinajstić information content (AvgIpc) is 2.86. The third-order valence-electron chi connectivity index (χ3n) is 6.71. The molecule has 0 saturated carbocycles. The van der Waals surface area contributed by atoms with E-state index in [9.17, 15) is 13.2 Å². The van der Waals surface area contributed by atoms with Gasteiger partial charge in [-0.3, -0.25) is 14.4 Å². The first-order chi connectivity index (χ1) is 17.2. The lowest BCUT2D eigenvalue weighted by atomic mass is 10.1. The summed E-state index contributed by atoms with van der Waals surface area (Å²) < 4.78 is 29.0. The minimum absolute atomic E-state index is 0.0955. The van der Waals surface area contributed by atoms with Crippen molar-refractivity contribution >= 4 is 21.6 Å². The molecule has 0 aromatic heterocycles. The molecule has 2 N–H and O–H groups in total. The molecule has 1 aliphatic heterocycles. The molecule has 36 heavy (non-hydrogen) atoms. The molecule has 0 aliphatic carbocycles. The molecule has 3 aromatic rings. The number of anilines is 1. The summed E-state index contributed by atoms with van der Waals surface area (Å²) in [5.41, 5.74) is 5.49. The van der Waals surface area contributed by atoms with E-state index in [0.717, 1.165) is 36.3 Å². The summed E-state index contributed by atoms with van der Waals surface area (Å²) in [6, 6.07) is 18.7. The van der Waals surface area contributed by atoms with E-state index < -0.39 is 10.0 Å². The Hall–Kier alpha value is -3.16. The maximum absolute atomic E-state index is 13.2. The van der Waals surface area contributed by atoms with Crippen LogP contribution < -0.4 is 10.0 Å². The minimum Gasteiger partial charge on any atom is -0.348 e. The van der Waals surface area contributed by atoms with E-state index in [1.54, 1.807) is 25.1 Å². The number of benzene rings is 3. The molecule has 7 heteroatoms. The van der Waals surface area contributed by atoms with Crippen LogP contribution in [0.4, 0.5) is 5.69 Å². The van der Waals surface area contributed by atoms with E-state index in [0.29, 0.717) is 23.4 Å². The maximum atomic E-state index is 13.2. The number of likely N-dealkylation sites (tertiary alicyclic amines) is 1. The SMILES string of the molecule is Cc1ccc(C)c(NS(=O)(=O)c2cc(C(=O)NCc3ccc(CN4CCCCC4)cc3)ccc2C)c1. The lowest BCUT2D eigenvalue weighted by Crippen LogP contribution is -2.29. The lowest BCUT2D eigenvalue weighted by molar-refractivity contribution is 0.0950. The first-order valence-corrected chi connectivity index (χ1v) is 14.0. The molecule has 6 nitrogen and oxygen atoms in total. The third kappa shape index (κ3) is 6.53. The highest BCUT2D eigenvalue weighted by Gasteiger charge is 2.20. The number of nitrogens with one attached hydrogen (secondary N) is 2. The van der Waals surface area contributed by atoms with Crippen LogP contribution >= 0.6 is 0 Å². The number of carbonyl (C=O) groups excluding carboxylic acids is 1. The van der Waals surface area contributed by atoms with Crippen LogP contribution in [-0.2, 0) is 23.1 Å². The van der Waals surface area contributed by atoms with Gasteiger partial charge in [-0.2, -0.15) is 0 Å². The zero-order valence-electron chi connectivity index (χ0n) is 21.3. The second-order valence-electron chi connectivity index (χ2n) is 9.74. The first kappa shape index (κ1) is 25.9. The van der Waals surface area contributed by atoms with Crippen LogP contribution in [0, 0.1) is 20.8 Å². The normalized spacial score (nSPS) is 14.4. The Labute approximate surface area is 214 Å². The van der Waals surface area contributed by atoms with E-state index in [1.807, 2.05) is 38.1 Å². The zero-order chi connectivity index (χ0) is 25.7. The number of rotatable bonds is 8. The fourth-order valence-corrected chi connectivity index (χ4v) is 5.89. The summed E-state index contributed by atoms with van der Waals surface area (Å²) in [7, 11) is -3.86. The van der Waals surface area contributed by atoms with Gasteiger partial charge in [-0.05, 0) is 92.7 Å². The van der Waals surface area contributed by atoms with E-state index in [2.05, 4.69) is 27.1 Å². The Morgan fingerprint density at radius 2 is 1.50 bits per heavy atom. The Morgan fingerprint density at radius 3 is 2.22 bits per heavy atom. The molecule has 1 amide bonds. The van der Waals surface area contributed by atoms with Crippen molar-refractivity contribution in [2.45, 2.75) is 58.0 Å². The molecular formula is C29H35N3O3S. The van der Waals surface area contributed by atoms with E-state index >= 15 is 0 Å². The summed E-state index contributed by atoms with van der Waals surface area (Å²) in [5, 5.41) is 2.92. The lowest BCUT2D eigenvalue weighted by Gasteiger charge is -2.26. The maximum Gasteiger partial charge on any atom is 0.262 e. The van der Waals surface area contributed by atoms with Gasteiger partial charge < -0.3 is 5.32 Å². The van der Waals surface area contributed by atoms with Crippen molar-refractivity contribution in [2.75, 3.05) is 17.8 Å². The van der Waals surface area contributed by atoms with Crippen molar-refractivity contribution in [1.82, 2.24) is 10.2 Å². The summed E-state index contributed by atoms with van der Waals surface area (Å²) in [6.07, 6.45) is 3.87. The number of aryl methyl sites for hydroxylation is 3. The molecule has 4 rings (SSSR count). The fraction of sp³-hybridized carbons (Fsp3) is 0.345. The number of amides is 1. The van der Waals surface area contributed by atoms with Gasteiger partial charge in [0.05, 0.1) is 10.6 Å². The molecule has 0 atom stereocenters. The molecule has 0 bridgehead atoms. The standard InChI is InChI=1S/C29H35N3O3S/c1-21-7-8-22(2)27(17-21)31-36(34,35)28-18-26(14-9-23(28)3)29(33)30-19-24-10-12-25(13-11-24)20-32-15-5-4-6-16-32/h7-14,17-18,31H,4-6,15-16,19-20H2,1-3H3,(H,30,33). The molecular weight excluding hydrogens is 470 g/mol. The second kappa shape index (κ2) is 11.3. The third-order valence-corrected chi connectivity index (χ3v) is 8.22. The molecule has 3 aromatic carbocycles. The van der Waals surface area contributed by atoms with Crippen LogP contribution in [0.2, 0.25) is 0 Å². The Kier molecular flexibility index (Phi) is 8.11. The Balaban J connectivity index is 1.41. The van der Waals surface area contributed by atoms with Gasteiger partial charge in [-0.25, -0.2) is 8.42 Å². The average molecular weight is 506 g/mol. The summed E-state index contributed by atoms with van der Waals surface area (Å²) in [4.78, 5) is 15.4. The van der Waals surface area contributed by atoms with Crippen molar-refractivity contribution in [2.24, 2.45) is 0 Å². The van der Waals surface area contributed by atoms with Crippen molar-refractivity contribution in [1.29, 1.82) is 0 Å². The quantitative estimate of drug-likeness (QED) is 0.434. The molecule has 1 fully saturated rings. The second-order valence-corrected chi connectivity index (χ2v) is 11.4. The predicted molar refractivity (Wildman–Crippen MR) is 145 cm³/mol. The number of hydrogen-bond donors (Lipinski definition) is 2. The van der Waals surface area contributed by atoms with Crippen LogP contribution in [0.3, 0.4) is 0 Å². The first-order valence-electron chi connectivity index (χ1n) is 12.5. The van der Waals surface area contributed by atoms with Crippen molar-refractivity contribution < 1.29 is 13.2 Å². The zero-order valence-corrected chi connectivity index (χ0v) is 22.1. The van der Waals surface area contributed by atoms with Crippen LogP contribution in [-0.4, -0.2) is 32.3 Å². The number of sulfonamides is 1. The van der Waals surface area contributed by atoms with Gasteiger partial charge in [0.15, 0.2) is 0 Å². The number of hydrogen-bond acceptors (Lipinski definition) is 4. The molecule has 0 spiro atoms. The summed E-state index contributed by atoms with van der Waals surface area (Å²) in [6.45, 7) is 9.15. The highest BCUT2D eigenvalue weighted by molar-refractivity contribution is 7.92. The van der Waals surface area contributed by atoms with Crippen LogP contribution in [0.5, 0.6) is 0 Å². The number of carbonyl (C=O) groups is 1. The van der Waals surface area contributed by atoms with E-state index in [1.165, 1.54) is 30.9 Å². The van der Waals surface area contributed by atoms with Gasteiger partial charge in [0.2, 0.25) is 0 Å². The van der Waals surface area contributed by atoms with Gasteiger partial charge in [0, 0.05) is 18.7 Å². The van der Waals surface area contributed by atoms with Crippen molar-refractivity contribution in [3.63, 3.8) is 0 Å². The Morgan fingerprint density at radius 1 is 0.833 bits per heavy atom. The van der Waals surface area contributed by atoms with E-state index in [4.69, 9.17) is 0 Å². The van der Waals surface area contributed by atoms with Crippen molar-refractivity contribution in [3.8, 4) is 0 Å². The molecule has 1 heterocycles. The summed E-state index contributed by atoms with van der Waals surface area (Å²) in [5.74, 6) is -0.310. The molecule has 190 valence electrons. The van der Waals surface area contributed by atoms with Crippen LogP contribution in [0.1, 0.15) is 57.4 Å². The van der Waals surface area contributed by atoms with Gasteiger partial charge in [-0.15, -0.1) is 0 Å². The molecule has 1 aliphatic rings. The Bertz CT molecular complexity index is 1330. The largest absolute Gasteiger partial charge is 0.348 e. The van der Waals surface area contributed by atoms with E-state index in [-0.39, 0.29) is 10.8 Å². The van der Waals surface area contributed by atoms with Gasteiger partial charge in [0.25, 0.3) is 15.9 Å². The fourth-order valence-electron chi connectivity index (χ4n) is 4.50.